The van der Waals surface area contributed by atoms with Crippen molar-refractivity contribution in [1.82, 2.24) is 0 Å². The van der Waals surface area contributed by atoms with Gasteiger partial charge in [0.05, 0.1) is 0 Å². The van der Waals surface area contributed by atoms with E-state index in [1.807, 2.05) is 0 Å². The Labute approximate surface area is 98.6 Å². The molecule has 0 unspecified atom stereocenters. The predicted octanol–water partition coefficient (Wildman–Crippen LogP) is 1.96. The Morgan fingerprint density at radius 3 is 2.60 bits per heavy atom. The third kappa shape index (κ3) is 3.50. The van der Waals surface area contributed by atoms with Gasteiger partial charge in [0, 0.05) is 16.6 Å². The molecular formula is C9H13Cl2FN2O. The number of hydrogen-bond donors (Lipinski definition) is 3. The van der Waals surface area contributed by atoms with Crippen molar-refractivity contribution in [3.05, 3.63) is 28.5 Å². The number of aromatic hydroxyl groups is 1. The number of benzene rings is 1. The van der Waals surface area contributed by atoms with Crippen LogP contribution in [0.25, 0.3) is 0 Å². The summed E-state index contributed by atoms with van der Waals surface area (Å²) in [5, 5.41) is 9.58. The van der Waals surface area contributed by atoms with Crippen LogP contribution in [0.2, 0.25) is 5.02 Å². The zero-order valence-electron chi connectivity index (χ0n) is 7.91. The minimum absolute atomic E-state index is 0. The van der Waals surface area contributed by atoms with Gasteiger partial charge >= 0.3 is 0 Å². The molecule has 0 aliphatic heterocycles. The average Bonchev–Trinajstić information content (AvgIpc) is 2.11. The fourth-order valence-electron chi connectivity index (χ4n) is 1.20. The molecule has 0 saturated carbocycles. The maximum Gasteiger partial charge on any atom is 0.166 e. The van der Waals surface area contributed by atoms with E-state index in [0.29, 0.717) is 18.5 Å². The van der Waals surface area contributed by atoms with Crippen molar-refractivity contribution in [2.45, 2.75) is 12.5 Å². The largest absolute Gasteiger partial charge is 0.505 e. The van der Waals surface area contributed by atoms with Crippen LogP contribution in [0.3, 0.4) is 0 Å². The van der Waals surface area contributed by atoms with Crippen LogP contribution in [0.15, 0.2) is 12.1 Å². The SMILES string of the molecule is Cl.NCC[C@@H](N)c1cc(Cl)cc(F)c1O. The first-order valence-corrected chi connectivity index (χ1v) is 4.57. The standard InChI is InChI=1S/C9H12ClFN2O.ClH/c10-5-3-6(8(13)1-2-12)9(14)7(11)4-5;/h3-4,8,14H,1-2,12-13H2;1H/t8-;/m1./s1. The van der Waals surface area contributed by atoms with E-state index in [1.165, 1.54) is 6.07 Å². The van der Waals surface area contributed by atoms with E-state index < -0.39 is 17.6 Å². The van der Waals surface area contributed by atoms with E-state index in [1.54, 1.807) is 0 Å². The topological polar surface area (TPSA) is 72.3 Å². The molecule has 0 bridgehead atoms. The van der Waals surface area contributed by atoms with Crippen molar-refractivity contribution in [2.75, 3.05) is 6.54 Å². The van der Waals surface area contributed by atoms with Gasteiger partial charge < -0.3 is 16.6 Å². The Kier molecular flexibility index (Phi) is 5.90. The Balaban J connectivity index is 0.00000196. The van der Waals surface area contributed by atoms with Crippen LogP contribution >= 0.6 is 24.0 Å². The quantitative estimate of drug-likeness (QED) is 0.773. The van der Waals surface area contributed by atoms with Gasteiger partial charge in [-0.2, -0.15) is 0 Å². The molecule has 0 radical (unpaired) electrons. The molecule has 1 aromatic rings. The monoisotopic (exact) mass is 254 g/mol. The summed E-state index contributed by atoms with van der Waals surface area (Å²) in [6, 6.07) is 1.99. The predicted molar refractivity (Wildman–Crippen MR) is 60.9 cm³/mol. The zero-order valence-corrected chi connectivity index (χ0v) is 9.48. The molecule has 0 fully saturated rings. The first-order chi connectivity index (χ1) is 6.56. The van der Waals surface area contributed by atoms with Crippen molar-refractivity contribution in [3.63, 3.8) is 0 Å². The first kappa shape index (κ1) is 14.5. The Bertz CT molecular complexity index is 336. The fraction of sp³-hybridized carbons (Fsp3) is 0.333. The van der Waals surface area contributed by atoms with Gasteiger partial charge in [-0.05, 0) is 25.1 Å². The number of phenolic OH excluding ortho intramolecular Hbond substituents is 1. The molecule has 0 heterocycles. The number of halogens is 3. The molecular weight excluding hydrogens is 242 g/mol. The molecule has 15 heavy (non-hydrogen) atoms. The highest BCUT2D eigenvalue weighted by Crippen LogP contribution is 2.30. The number of hydrogen-bond acceptors (Lipinski definition) is 3. The van der Waals surface area contributed by atoms with E-state index in [9.17, 15) is 9.50 Å². The first-order valence-electron chi connectivity index (χ1n) is 4.19. The molecule has 1 aromatic carbocycles. The van der Waals surface area contributed by atoms with Gasteiger partial charge in [0.2, 0.25) is 0 Å². The molecule has 3 nitrogen and oxygen atoms in total. The third-order valence-corrected chi connectivity index (χ3v) is 2.15. The summed E-state index contributed by atoms with van der Waals surface area (Å²) in [4.78, 5) is 0. The molecule has 0 spiro atoms. The second-order valence-electron chi connectivity index (χ2n) is 3.01. The van der Waals surface area contributed by atoms with E-state index in [-0.39, 0.29) is 17.4 Å². The molecule has 0 aromatic heterocycles. The van der Waals surface area contributed by atoms with Gasteiger partial charge in [0.25, 0.3) is 0 Å². The van der Waals surface area contributed by atoms with Crippen LogP contribution < -0.4 is 11.5 Å². The molecule has 1 atom stereocenters. The van der Waals surface area contributed by atoms with Crippen LogP contribution in [0.5, 0.6) is 5.75 Å². The molecule has 86 valence electrons. The second-order valence-corrected chi connectivity index (χ2v) is 3.45. The van der Waals surface area contributed by atoms with Crippen LogP contribution in [0.1, 0.15) is 18.0 Å². The minimum Gasteiger partial charge on any atom is -0.505 e. The van der Waals surface area contributed by atoms with Gasteiger partial charge in [-0.15, -0.1) is 12.4 Å². The summed E-state index contributed by atoms with van der Waals surface area (Å²) in [7, 11) is 0. The number of rotatable bonds is 3. The maximum atomic E-state index is 13.0. The fourth-order valence-corrected chi connectivity index (χ4v) is 1.42. The highest BCUT2D eigenvalue weighted by molar-refractivity contribution is 6.30. The van der Waals surface area contributed by atoms with Crippen molar-refractivity contribution >= 4 is 24.0 Å². The molecule has 6 heteroatoms. The van der Waals surface area contributed by atoms with Crippen LogP contribution in [0, 0.1) is 5.82 Å². The maximum absolute atomic E-state index is 13.0. The molecule has 1 rings (SSSR count). The van der Waals surface area contributed by atoms with E-state index >= 15 is 0 Å². The zero-order chi connectivity index (χ0) is 10.7. The molecule has 0 aliphatic carbocycles. The minimum atomic E-state index is -0.764. The lowest BCUT2D eigenvalue weighted by molar-refractivity contribution is 0.419. The summed E-state index contributed by atoms with van der Waals surface area (Å²) in [6.07, 6.45) is 0.466. The lowest BCUT2D eigenvalue weighted by Gasteiger charge is -2.13. The average molecular weight is 255 g/mol. The Hall–Kier alpha value is -0.550. The van der Waals surface area contributed by atoms with Crippen LogP contribution in [0.4, 0.5) is 4.39 Å². The van der Waals surface area contributed by atoms with Crippen molar-refractivity contribution < 1.29 is 9.50 Å². The number of nitrogens with two attached hydrogens (primary N) is 2. The van der Waals surface area contributed by atoms with Gasteiger partial charge in [-0.25, -0.2) is 4.39 Å². The van der Waals surface area contributed by atoms with Crippen molar-refractivity contribution in [3.8, 4) is 5.75 Å². The van der Waals surface area contributed by atoms with E-state index in [4.69, 9.17) is 23.1 Å². The van der Waals surface area contributed by atoms with Crippen LogP contribution in [-0.2, 0) is 0 Å². The highest BCUT2D eigenvalue weighted by Gasteiger charge is 2.14. The summed E-state index contributed by atoms with van der Waals surface area (Å²) < 4.78 is 13.0. The van der Waals surface area contributed by atoms with Gasteiger partial charge in [-0.3, -0.25) is 0 Å². The second kappa shape index (κ2) is 6.12. The van der Waals surface area contributed by atoms with Gasteiger partial charge in [-0.1, -0.05) is 11.6 Å². The summed E-state index contributed by atoms with van der Waals surface area (Å²) in [5.74, 6) is -1.21. The van der Waals surface area contributed by atoms with Crippen LogP contribution in [-0.4, -0.2) is 11.7 Å². The summed E-state index contributed by atoms with van der Waals surface area (Å²) >= 11 is 5.63. The lowest BCUT2D eigenvalue weighted by Crippen LogP contribution is -2.15. The van der Waals surface area contributed by atoms with Gasteiger partial charge in [0.15, 0.2) is 11.6 Å². The lowest BCUT2D eigenvalue weighted by atomic mass is 10.0. The Morgan fingerprint density at radius 2 is 2.07 bits per heavy atom. The summed E-state index contributed by atoms with van der Waals surface area (Å²) in [6.45, 7) is 0.370. The van der Waals surface area contributed by atoms with Crippen molar-refractivity contribution in [2.24, 2.45) is 11.5 Å². The third-order valence-electron chi connectivity index (χ3n) is 1.93. The molecule has 5 N–H and O–H groups in total. The van der Waals surface area contributed by atoms with Crippen molar-refractivity contribution in [1.29, 1.82) is 0 Å². The molecule has 0 saturated heterocycles. The normalized spacial score (nSPS) is 12.0. The summed E-state index contributed by atoms with van der Waals surface area (Å²) in [5.41, 5.74) is 11.3. The van der Waals surface area contributed by atoms with E-state index in [0.717, 1.165) is 6.07 Å². The smallest absolute Gasteiger partial charge is 0.166 e. The molecule has 0 aliphatic rings. The van der Waals surface area contributed by atoms with E-state index in [2.05, 4.69) is 0 Å². The van der Waals surface area contributed by atoms with Gasteiger partial charge in [0.1, 0.15) is 0 Å². The Morgan fingerprint density at radius 1 is 1.47 bits per heavy atom. The molecule has 0 amide bonds. The highest BCUT2D eigenvalue weighted by atomic mass is 35.5. The number of phenols is 1.